The van der Waals surface area contributed by atoms with Gasteiger partial charge in [-0.15, -0.1) is 0 Å². The number of unbranched alkanes of at least 4 members (excludes halogenated alkanes) is 1. The zero-order chi connectivity index (χ0) is 11.0. The van der Waals surface area contributed by atoms with Crippen molar-refractivity contribution < 1.29 is 0 Å². The maximum Gasteiger partial charge on any atom is 0.00240 e. The molecule has 0 aromatic carbocycles. The third kappa shape index (κ3) is 5.61. The lowest BCUT2D eigenvalue weighted by Gasteiger charge is -2.27. The Labute approximate surface area is 89.9 Å². The zero-order valence-electron chi connectivity index (χ0n) is 10.4. The molecule has 0 spiro atoms. The Balaban J connectivity index is 3.87. The topological polar surface area (TPSA) is 29.3 Å². The van der Waals surface area contributed by atoms with E-state index in [2.05, 4.69) is 32.6 Å². The molecule has 0 aliphatic carbocycles. The van der Waals surface area contributed by atoms with Crippen molar-refractivity contribution >= 4 is 0 Å². The van der Waals surface area contributed by atoms with Crippen molar-refractivity contribution in [1.82, 2.24) is 4.90 Å². The normalized spacial score (nSPS) is 13.9. The summed E-state index contributed by atoms with van der Waals surface area (Å²) < 4.78 is 0. The Morgan fingerprint density at radius 1 is 1.21 bits per heavy atom. The van der Waals surface area contributed by atoms with E-state index in [1.807, 2.05) is 0 Å². The molecule has 2 N–H and O–H groups in total. The number of rotatable bonds is 8. The molecule has 0 aliphatic heterocycles. The largest absolute Gasteiger partial charge is 0.330 e. The average molecular weight is 200 g/mol. The van der Waals surface area contributed by atoms with Gasteiger partial charge >= 0.3 is 0 Å². The van der Waals surface area contributed by atoms with Crippen LogP contribution in [0.3, 0.4) is 0 Å². The summed E-state index contributed by atoms with van der Waals surface area (Å²) in [5, 5.41) is 0. The minimum Gasteiger partial charge on any atom is -0.330 e. The van der Waals surface area contributed by atoms with Crippen LogP contribution in [0.25, 0.3) is 0 Å². The van der Waals surface area contributed by atoms with Gasteiger partial charge in [0.25, 0.3) is 0 Å². The molecule has 0 radical (unpaired) electrons. The van der Waals surface area contributed by atoms with Gasteiger partial charge in [-0.3, -0.25) is 0 Å². The molecule has 1 atom stereocenters. The molecule has 0 aromatic heterocycles. The Morgan fingerprint density at radius 3 is 2.21 bits per heavy atom. The molecule has 0 amide bonds. The molecule has 14 heavy (non-hydrogen) atoms. The minimum atomic E-state index is 0.659. The van der Waals surface area contributed by atoms with Crippen LogP contribution in [0.1, 0.15) is 40.5 Å². The van der Waals surface area contributed by atoms with Crippen LogP contribution < -0.4 is 5.73 Å². The molecule has 0 aliphatic rings. The molecule has 0 fully saturated rings. The summed E-state index contributed by atoms with van der Waals surface area (Å²) in [6.07, 6.45) is 2.59. The maximum atomic E-state index is 5.78. The van der Waals surface area contributed by atoms with Gasteiger partial charge in [-0.1, -0.05) is 34.1 Å². The minimum absolute atomic E-state index is 0.659. The average Bonchev–Trinajstić information content (AvgIpc) is 2.18. The monoisotopic (exact) mass is 200 g/mol. The molecular formula is C12H28N2. The van der Waals surface area contributed by atoms with Crippen molar-refractivity contribution in [3.63, 3.8) is 0 Å². The van der Waals surface area contributed by atoms with Crippen molar-refractivity contribution in [3.05, 3.63) is 0 Å². The fraction of sp³-hybridized carbons (Fsp3) is 1.00. The second-order valence-electron chi connectivity index (χ2n) is 4.49. The lowest BCUT2D eigenvalue weighted by atomic mass is 9.95. The highest BCUT2D eigenvalue weighted by Crippen LogP contribution is 2.11. The van der Waals surface area contributed by atoms with Gasteiger partial charge in [0.1, 0.15) is 0 Å². The number of hydrogen-bond acceptors (Lipinski definition) is 2. The second-order valence-corrected chi connectivity index (χ2v) is 4.49. The SMILES string of the molecule is CCCCN(CC)CC(CN)C(C)C. The van der Waals surface area contributed by atoms with E-state index in [0.717, 1.165) is 13.1 Å². The van der Waals surface area contributed by atoms with E-state index >= 15 is 0 Å². The van der Waals surface area contributed by atoms with Crippen molar-refractivity contribution in [1.29, 1.82) is 0 Å². The lowest BCUT2D eigenvalue weighted by molar-refractivity contribution is 0.210. The van der Waals surface area contributed by atoms with Crippen molar-refractivity contribution in [3.8, 4) is 0 Å². The summed E-state index contributed by atoms with van der Waals surface area (Å²) in [5.41, 5.74) is 5.78. The van der Waals surface area contributed by atoms with E-state index in [9.17, 15) is 0 Å². The third-order valence-electron chi connectivity index (χ3n) is 3.01. The summed E-state index contributed by atoms with van der Waals surface area (Å²) in [7, 11) is 0. The Bertz CT molecular complexity index is 123. The molecular weight excluding hydrogens is 172 g/mol. The predicted octanol–water partition coefficient (Wildman–Crippen LogP) is 2.34. The predicted molar refractivity (Wildman–Crippen MR) is 64.4 cm³/mol. The van der Waals surface area contributed by atoms with Gasteiger partial charge in [0.05, 0.1) is 0 Å². The lowest BCUT2D eigenvalue weighted by Crippen LogP contribution is -2.36. The first-order valence-electron chi connectivity index (χ1n) is 6.08. The zero-order valence-corrected chi connectivity index (χ0v) is 10.4. The number of nitrogens with zero attached hydrogens (tertiary/aromatic N) is 1. The van der Waals surface area contributed by atoms with Gasteiger partial charge in [-0.25, -0.2) is 0 Å². The van der Waals surface area contributed by atoms with Crippen LogP contribution in [-0.2, 0) is 0 Å². The molecule has 2 nitrogen and oxygen atoms in total. The summed E-state index contributed by atoms with van der Waals surface area (Å²) in [4.78, 5) is 2.53. The summed E-state index contributed by atoms with van der Waals surface area (Å²) in [6, 6.07) is 0. The fourth-order valence-electron chi connectivity index (χ4n) is 1.65. The molecule has 2 heteroatoms. The quantitative estimate of drug-likeness (QED) is 0.651. The highest BCUT2D eigenvalue weighted by molar-refractivity contribution is 4.69. The van der Waals surface area contributed by atoms with Gasteiger partial charge in [-0.05, 0) is 37.9 Å². The Kier molecular flexibility index (Phi) is 8.20. The summed E-state index contributed by atoms with van der Waals surface area (Å²) in [5.74, 6) is 1.36. The van der Waals surface area contributed by atoms with Crippen LogP contribution in [0, 0.1) is 11.8 Å². The van der Waals surface area contributed by atoms with Crippen LogP contribution in [0.5, 0.6) is 0 Å². The van der Waals surface area contributed by atoms with E-state index in [0.29, 0.717) is 11.8 Å². The summed E-state index contributed by atoms with van der Waals surface area (Å²) in [6.45, 7) is 13.4. The first kappa shape index (κ1) is 13.9. The van der Waals surface area contributed by atoms with Crippen LogP contribution >= 0.6 is 0 Å². The molecule has 0 saturated heterocycles. The molecule has 0 bridgehead atoms. The first-order chi connectivity index (χ1) is 6.65. The first-order valence-corrected chi connectivity index (χ1v) is 6.08. The van der Waals surface area contributed by atoms with Crippen molar-refractivity contribution in [2.75, 3.05) is 26.2 Å². The van der Waals surface area contributed by atoms with Crippen LogP contribution in [0.2, 0.25) is 0 Å². The highest BCUT2D eigenvalue weighted by Gasteiger charge is 2.14. The van der Waals surface area contributed by atoms with Crippen molar-refractivity contribution in [2.24, 2.45) is 17.6 Å². The maximum absolute atomic E-state index is 5.78. The van der Waals surface area contributed by atoms with E-state index in [4.69, 9.17) is 5.73 Å². The third-order valence-corrected chi connectivity index (χ3v) is 3.01. The Morgan fingerprint density at radius 2 is 1.86 bits per heavy atom. The van der Waals surface area contributed by atoms with E-state index in [1.54, 1.807) is 0 Å². The second kappa shape index (κ2) is 8.25. The van der Waals surface area contributed by atoms with Crippen molar-refractivity contribution in [2.45, 2.75) is 40.5 Å². The smallest absolute Gasteiger partial charge is 0.00240 e. The molecule has 0 rings (SSSR count). The highest BCUT2D eigenvalue weighted by atomic mass is 15.1. The summed E-state index contributed by atoms with van der Waals surface area (Å²) >= 11 is 0. The molecule has 0 aromatic rings. The number of nitrogens with two attached hydrogens (primary N) is 1. The standard InChI is InChI=1S/C12H28N2/c1-5-7-8-14(6-2)10-12(9-13)11(3)4/h11-12H,5-10,13H2,1-4H3. The van der Waals surface area contributed by atoms with E-state index in [1.165, 1.54) is 25.9 Å². The Hall–Kier alpha value is -0.0800. The number of hydrogen-bond donors (Lipinski definition) is 1. The molecule has 0 saturated carbocycles. The fourth-order valence-corrected chi connectivity index (χ4v) is 1.65. The van der Waals surface area contributed by atoms with E-state index < -0.39 is 0 Å². The molecule has 86 valence electrons. The van der Waals surface area contributed by atoms with Crippen LogP contribution in [0.4, 0.5) is 0 Å². The van der Waals surface area contributed by atoms with Crippen LogP contribution in [-0.4, -0.2) is 31.1 Å². The van der Waals surface area contributed by atoms with Crippen LogP contribution in [0.15, 0.2) is 0 Å². The van der Waals surface area contributed by atoms with Gasteiger partial charge < -0.3 is 10.6 Å². The van der Waals surface area contributed by atoms with Gasteiger partial charge in [-0.2, -0.15) is 0 Å². The van der Waals surface area contributed by atoms with Gasteiger partial charge in [0.15, 0.2) is 0 Å². The van der Waals surface area contributed by atoms with Gasteiger partial charge in [0, 0.05) is 6.54 Å². The van der Waals surface area contributed by atoms with Gasteiger partial charge in [0.2, 0.25) is 0 Å². The molecule has 0 heterocycles. The molecule has 1 unspecified atom stereocenters. The van der Waals surface area contributed by atoms with E-state index in [-0.39, 0.29) is 0 Å².